The minimum absolute atomic E-state index is 0.149. The van der Waals surface area contributed by atoms with Crippen LogP contribution in [0.15, 0.2) is 36.0 Å². The highest BCUT2D eigenvalue weighted by molar-refractivity contribution is 5.90. The van der Waals surface area contributed by atoms with E-state index >= 15 is 0 Å². The second-order valence-electron chi connectivity index (χ2n) is 11.4. The largest absolute Gasteiger partial charge is 0.478 e. The van der Waals surface area contributed by atoms with Gasteiger partial charge in [0.1, 0.15) is 6.04 Å². The third-order valence-corrected chi connectivity index (χ3v) is 6.57. The van der Waals surface area contributed by atoms with Crippen LogP contribution in [0.1, 0.15) is 59.1 Å². The molecule has 0 saturated heterocycles. The van der Waals surface area contributed by atoms with Gasteiger partial charge in [-0.2, -0.15) is 0 Å². The number of hydrogen-bond donors (Lipinski definition) is 3. The van der Waals surface area contributed by atoms with Crippen molar-refractivity contribution >= 4 is 28.7 Å². The number of amides is 2. The number of carboxylic acid groups (broad SMARTS) is 1. The third-order valence-electron chi connectivity index (χ3n) is 6.57. The molecule has 36 heavy (non-hydrogen) atoms. The summed E-state index contributed by atoms with van der Waals surface area (Å²) >= 11 is 0. The van der Waals surface area contributed by atoms with Crippen molar-refractivity contribution in [3.63, 3.8) is 0 Å². The number of nitrogens with one attached hydrogen (secondary N) is 2. The Morgan fingerprint density at radius 1 is 1.17 bits per heavy atom. The fourth-order valence-electron chi connectivity index (χ4n) is 4.32. The predicted molar refractivity (Wildman–Crippen MR) is 144 cm³/mol. The van der Waals surface area contributed by atoms with Gasteiger partial charge in [-0.15, -0.1) is 0 Å². The maximum absolute atomic E-state index is 13.3. The van der Waals surface area contributed by atoms with Crippen LogP contribution in [-0.4, -0.2) is 59.0 Å². The van der Waals surface area contributed by atoms with E-state index < -0.39 is 22.8 Å². The SMILES string of the molecule is CNCc1ccc2c(c1)c(C(C)(C)CC(=O)NC(C(=O)N(C)C/C=C(\C)C(=O)O)C(C)(C)C)cn2C. The Kier molecular flexibility index (Phi) is 9.13. The molecule has 198 valence electrons. The van der Waals surface area contributed by atoms with E-state index in [0.29, 0.717) is 0 Å². The maximum Gasteiger partial charge on any atom is 0.331 e. The van der Waals surface area contributed by atoms with Gasteiger partial charge in [-0.1, -0.05) is 46.8 Å². The third kappa shape index (κ3) is 6.97. The summed E-state index contributed by atoms with van der Waals surface area (Å²) in [6, 6.07) is 5.63. The van der Waals surface area contributed by atoms with E-state index in [9.17, 15) is 14.4 Å². The number of fused-ring (bicyclic) bond motifs is 1. The molecule has 8 heteroatoms. The maximum atomic E-state index is 13.3. The van der Waals surface area contributed by atoms with Gasteiger partial charge < -0.3 is 25.2 Å². The van der Waals surface area contributed by atoms with Crippen molar-refractivity contribution in [1.82, 2.24) is 20.1 Å². The molecular weight excluding hydrogens is 456 g/mol. The van der Waals surface area contributed by atoms with Crippen molar-refractivity contribution < 1.29 is 19.5 Å². The number of likely N-dealkylation sites (N-methyl/N-ethyl adjacent to an activating group) is 1. The molecule has 1 aromatic carbocycles. The molecule has 1 heterocycles. The second-order valence-corrected chi connectivity index (χ2v) is 11.4. The van der Waals surface area contributed by atoms with Crippen molar-refractivity contribution in [3.05, 3.63) is 47.2 Å². The zero-order valence-corrected chi connectivity index (χ0v) is 23.2. The van der Waals surface area contributed by atoms with Gasteiger partial charge in [0.2, 0.25) is 11.8 Å². The number of aromatic nitrogens is 1. The fourth-order valence-corrected chi connectivity index (χ4v) is 4.32. The van der Waals surface area contributed by atoms with E-state index in [2.05, 4.69) is 39.6 Å². The van der Waals surface area contributed by atoms with Gasteiger partial charge in [-0.05, 0) is 42.6 Å². The predicted octanol–water partition coefficient (Wildman–Crippen LogP) is 3.59. The van der Waals surface area contributed by atoms with Gasteiger partial charge in [-0.3, -0.25) is 9.59 Å². The smallest absolute Gasteiger partial charge is 0.331 e. The second kappa shape index (κ2) is 11.3. The first kappa shape index (κ1) is 29.1. The lowest BCUT2D eigenvalue weighted by atomic mass is 9.80. The Balaban J connectivity index is 2.26. The molecule has 0 radical (unpaired) electrons. The number of benzene rings is 1. The van der Waals surface area contributed by atoms with Crippen molar-refractivity contribution in [3.8, 4) is 0 Å². The van der Waals surface area contributed by atoms with E-state index in [4.69, 9.17) is 5.11 Å². The van der Waals surface area contributed by atoms with Gasteiger partial charge in [0.05, 0.1) is 0 Å². The molecule has 2 amide bonds. The monoisotopic (exact) mass is 498 g/mol. The van der Waals surface area contributed by atoms with E-state index in [1.165, 1.54) is 23.5 Å². The van der Waals surface area contributed by atoms with Crippen molar-refractivity contribution in [2.24, 2.45) is 12.5 Å². The summed E-state index contributed by atoms with van der Waals surface area (Å²) in [4.78, 5) is 39.1. The highest BCUT2D eigenvalue weighted by Crippen LogP contribution is 2.35. The quantitative estimate of drug-likeness (QED) is 0.435. The summed E-state index contributed by atoms with van der Waals surface area (Å²) in [5.74, 6) is -1.49. The lowest BCUT2D eigenvalue weighted by molar-refractivity contribution is -0.138. The van der Waals surface area contributed by atoms with Crippen molar-refractivity contribution in [1.29, 1.82) is 0 Å². The molecule has 0 bridgehead atoms. The fraction of sp³-hybridized carbons (Fsp3) is 0.536. The summed E-state index contributed by atoms with van der Waals surface area (Å²) in [7, 11) is 5.53. The lowest BCUT2D eigenvalue weighted by Crippen LogP contribution is -2.54. The van der Waals surface area contributed by atoms with Crippen LogP contribution in [0, 0.1) is 5.41 Å². The highest BCUT2D eigenvalue weighted by Gasteiger charge is 2.36. The molecule has 0 aliphatic heterocycles. The molecule has 0 spiro atoms. The van der Waals surface area contributed by atoms with Crippen LogP contribution >= 0.6 is 0 Å². The van der Waals surface area contributed by atoms with E-state index in [1.54, 1.807) is 7.05 Å². The summed E-state index contributed by atoms with van der Waals surface area (Å²) in [5.41, 5.74) is 2.52. The Morgan fingerprint density at radius 3 is 2.36 bits per heavy atom. The van der Waals surface area contributed by atoms with E-state index in [0.717, 1.165) is 23.0 Å². The van der Waals surface area contributed by atoms with Gasteiger partial charge >= 0.3 is 5.97 Å². The number of rotatable bonds is 10. The normalized spacial score (nSPS) is 13.5. The molecule has 0 aliphatic carbocycles. The van der Waals surface area contributed by atoms with Crippen LogP contribution < -0.4 is 10.6 Å². The number of nitrogens with zero attached hydrogens (tertiary/aromatic N) is 2. The topological polar surface area (TPSA) is 104 Å². The number of aliphatic carboxylic acids is 1. The molecule has 3 N–H and O–H groups in total. The minimum Gasteiger partial charge on any atom is -0.478 e. The minimum atomic E-state index is -1.02. The summed E-state index contributed by atoms with van der Waals surface area (Å²) in [6.45, 7) is 12.2. The molecule has 0 aliphatic rings. The number of carbonyl (C=O) groups is 3. The molecule has 0 saturated carbocycles. The first-order valence-corrected chi connectivity index (χ1v) is 12.3. The van der Waals surface area contributed by atoms with Crippen LogP contribution in [0.3, 0.4) is 0 Å². The van der Waals surface area contributed by atoms with Crippen molar-refractivity contribution in [2.45, 2.75) is 66.0 Å². The van der Waals surface area contributed by atoms with E-state index in [-0.39, 0.29) is 30.4 Å². The number of aryl methyl sites for hydroxylation is 1. The molecule has 2 rings (SSSR count). The van der Waals surface area contributed by atoms with Crippen LogP contribution in [0.2, 0.25) is 0 Å². The summed E-state index contributed by atoms with van der Waals surface area (Å²) in [6.07, 6.45) is 3.79. The standard InChI is InChI=1S/C28H42N4O4/c1-18(26(35)36)12-13-31(8)25(34)24(27(2,3)4)30-23(33)15-28(5,6)21-17-32(9)22-11-10-19(16-29-7)14-20(21)22/h10-12,14,17,24,29H,13,15-16H2,1-9H3,(H,30,33)(H,35,36)/b18-12+. The Morgan fingerprint density at radius 2 is 1.81 bits per heavy atom. The van der Waals surface area contributed by atoms with Gasteiger partial charge in [0, 0.05) is 61.7 Å². The van der Waals surface area contributed by atoms with Gasteiger partial charge in [0.25, 0.3) is 0 Å². The Hall–Kier alpha value is -3.13. The van der Waals surface area contributed by atoms with Gasteiger partial charge in [-0.25, -0.2) is 4.79 Å². The van der Waals surface area contributed by atoms with Gasteiger partial charge in [0.15, 0.2) is 0 Å². The molecular formula is C28H42N4O4. The first-order valence-electron chi connectivity index (χ1n) is 12.3. The average Bonchev–Trinajstić information content (AvgIpc) is 3.11. The summed E-state index contributed by atoms with van der Waals surface area (Å²) < 4.78 is 2.08. The van der Waals surface area contributed by atoms with Crippen LogP contribution in [0.25, 0.3) is 10.9 Å². The van der Waals surface area contributed by atoms with Crippen LogP contribution in [-0.2, 0) is 33.4 Å². The van der Waals surface area contributed by atoms with Crippen LogP contribution in [0.4, 0.5) is 0 Å². The van der Waals surface area contributed by atoms with Crippen molar-refractivity contribution in [2.75, 3.05) is 20.6 Å². The zero-order chi connectivity index (χ0) is 27.4. The lowest BCUT2D eigenvalue weighted by Gasteiger charge is -2.34. The highest BCUT2D eigenvalue weighted by atomic mass is 16.4. The average molecular weight is 499 g/mol. The molecule has 0 fully saturated rings. The number of carbonyl (C=O) groups excluding carboxylic acids is 2. The zero-order valence-electron chi connectivity index (χ0n) is 23.2. The molecule has 8 nitrogen and oxygen atoms in total. The molecule has 1 aromatic heterocycles. The number of carboxylic acids is 1. The Bertz CT molecular complexity index is 1150. The summed E-state index contributed by atoms with van der Waals surface area (Å²) in [5, 5.41) is 16.3. The van der Waals surface area contributed by atoms with Crippen LogP contribution in [0.5, 0.6) is 0 Å². The van der Waals surface area contributed by atoms with E-state index in [1.807, 2.05) is 48.7 Å². The molecule has 2 aromatic rings. The Labute approximate surface area is 214 Å². The molecule has 1 unspecified atom stereocenters. The first-order chi connectivity index (χ1) is 16.6. The number of hydrogen-bond acceptors (Lipinski definition) is 4. The molecule has 1 atom stereocenters.